The maximum absolute atomic E-state index is 12.4. The molecule has 2 N–H and O–H groups in total. The van der Waals surface area contributed by atoms with E-state index in [0.29, 0.717) is 17.0 Å². The lowest BCUT2D eigenvalue weighted by molar-refractivity contribution is 0.102. The van der Waals surface area contributed by atoms with Crippen LogP contribution in [0.15, 0.2) is 41.3 Å². The highest BCUT2D eigenvalue weighted by Gasteiger charge is 2.15. The molecule has 1 aromatic carbocycles. The Hall–Kier alpha value is -3.15. The number of ether oxygens (including phenoxy) is 1. The number of fused-ring (bicyclic) bond motifs is 1. The van der Waals surface area contributed by atoms with Crippen molar-refractivity contribution >= 4 is 22.5 Å². The van der Waals surface area contributed by atoms with Crippen molar-refractivity contribution in [1.29, 1.82) is 0 Å². The molecule has 0 aliphatic rings. The zero-order chi connectivity index (χ0) is 17.3. The van der Waals surface area contributed by atoms with Gasteiger partial charge in [-0.3, -0.25) is 14.6 Å². The minimum absolute atomic E-state index is 0.107. The number of nitrogens with one attached hydrogen (secondary N) is 2. The fourth-order valence-electron chi connectivity index (χ4n) is 2.63. The SMILES string of the molecule is COc1ccc2cc(NC(=O)c3c(C)cc(C)[nH]c3=O)cnc2c1. The number of benzene rings is 1. The first-order chi connectivity index (χ1) is 11.5. The molecule has 0 saturated heterocycles. The molecule has 2 heterocycles. The molecule has 0 fully saturated rings. The maximum Gasteiger partial charge on any atom is 0.261 e. The van der Waals surface area contributed by atoms with Crippen molar-refractivity contribution in [3.63, 3.8) is 0 Å². The Morgan fingerprint density at radius 1 is 1.21 bits per heavy atom. The Kier molecular flexibility index (Phi) is 4.04. The number of aromatic amines is 1. The second-order valence-electron chi connectivity index (χ2n) is 5.58. The number of aryl methyl sites for hydroxylation is 2. The minimum atomic E-state index is -0.455. The van der Waals surface area contributed by atoms with E-state index in [1.54, 1.807) is 39.3 Å². The number of methoxy groups -OCH3 is 1. The Morgan fingerprint density at radius 2 is 2.00 bits per heavy atom. The molecule has 0 aliphatic heterocycles. The van der Waals surface area contributed by atoms with Crippen molar-refractivity contribution in [3.8, 4) is 5.75 Å². The lowest BCUT2D eigenvalue weighted by atomic mass is 10.1. The van der Waals surface area contributed by atoms with Gasteiger partial charge in [0.15, 0.2) is 0 Å². The molecule has 24 heavy (non-hydrogen) atoms. The van der Waals surface area contributed by atoms with Gasteiger partial charge in [-0.15, -0.1) is 0 Å². The number of H-pyrrole nitrogens is 1. The van der Waals surface area contributed by atoms with E-state index >= 15 is 0 Å². The van der Waals surface area contributed by atoms with Crippen molar-refractivity contribution in [2.75, 3.05) is 12.4 Å². The lowest BCUT2D eigenvalue weighted by Gasteiger charge is -2.09. The largest absolute Gasteiger partial charge is 0.497 e. The first-order valence-electron chi connectivity index (χ1n) is 7.43. The third kappa shape index (κ3) is 2.99. The number of hydrogen-bond donors (Lipinski definition) is 2. The van der Waals surface area contributed by atoms with Crippen molar-refractivity contribution in [2.24, 2.45) is 0 Å². The monoisotopic (exact) mass is 323 g/mol. The van der Waals surface area contributed by atoms with Gasteiger partial charge in [0.1, 0.15) is 11.3 Å². The van der Waals surface area contributed by atoms with E-state index in [2.05, 4.69) is 15.3 Å². The van der Waals surface area contributed by atoms with Gasteiger partial charge in [0.2, 0.25) is 0 Å². The van der Waals surface area contributed by atoms with Gasteiger partial charge in [-0.05, 0) is 43.7 Å². The number of hydrogen-bond acceptors (Lipinski definition) is 4. The van der Waals surface area contributed by atoms with E-state index in [0.717, 1.165) is 16.6 Å². The number of pyridine rings is 2. The second kappa shape index (κ2) is 6.16. The molecular weight excluding hydrogens is 306 g/mol. The molecule has 0 unspecified atom stereocenters. The van der Waals surface area contributed by atoms with Crippen molar-refractivity contribution in [2.45, 2.75) is 13.8 Å². The summed E-state index contributed by atoms with van der Waals surface area (Å²) in [7, 11) is 1.59. The van der Waals surface area contributed by atoms with Crippen molar-refractivity contribution < 1.29 is 9.53 Å². The summed E-state index contributed by atoms with van der Waals surface area (Å²) in [6.07, 6.45) is 1.55. The van der Waals surface area contributed by atoms with Gasteiger partial charge in [-0.2, -0.15) is 0 Å². The maximum atomic E-state index is 12.4. The topological polar surface area (TPSA) is 84.1 Å². The summed E-state index contributed by atoms with van der Waals surface area (Å²) in [6.45, 7) is 3.51. The first kappa shape index (κ1) is 15.7. The smallest absolute Gasteiger partial charge is 0.261 e. The zero-order valence-corrected chi connectivity index (χ0v) is 13.6. The summed E-state index contributed by atoms with van der Waals surface area (Å²) < 4.78 is 5.16. The number of carbonyl (C=O) groups is 1. The summed E-state index contributed by atoms with van der Waals surface area (Å²) in [4.78, 5) is 31.4. The summed E-state index contributed by atoms with van der Waals surface area (Å²) in [5.74, 6) is 0.261. The number of nitrogens with zero attached hydrogens (tertiary/aromatic N) is 1. The average Bonchev–Trinajstić information content (AvgIpc) is 2.53. The van der Waals surface area contributed by atoms with Crippen LogP contribution in [0.3, 0.4) is 0 Å². The standard InChI is InChI=1S/C18H17N3O3/c1-10-6-11(2)20-17(22)16(10)18(23)21-13-7-12-4-5-14(24-3)8-15(12)19-9-13/h4-9H,1-3H3,(H,20,22)(H,21,23). The molecule has 1 amide bonds. The van der Waals surface area contributed by atoms with Crippen LogP contribution in [-0.2, 0) is 0 Å². The predicted molar refractivity (Wildman–Crippen MR) is 92.8 cm³/mol. The van der Waals surface area contributed by atoms with Crippen LogP contribution in [0.2, 0.25) is 0 Å². The highest BCUT2D eigenvalue weighted by molar-refractivity contribution is 6.05. The molecule has 3 rings (SSSR count). The number of anilines is 1. The van der Waals surface area contributed by atoms with Crippen LogP contribution in [0, 0.1) is 13.8 Å². The molecule has 2 aromatic heterocycles. The molecule has 0 radical (unpaired) electrons. The van der Waals surface area contributed by atoms with E-state index in [1.165, 1.54) is 0 Å². The zero-order valence-electron chi connectivity index (χ0n) is 13.6. The first-order valence-corrected chi connectivity index (χ1v) is 7.43. The highest BCUT2D eigenvalue weighted by Crippen LogP contribution is 2.22. The predicted octanol–water partition coefficient (Wildman–Crippen LogP) is 2.80. The van der Waals surface area contributed by atoms with Crippen LogP contribution in [0.1, 0.15) is 21.6 Å². The molecule has 3 aromatic rings. The van der Waals surface area contributed by atoms with Crippen LogP contribution < -0.4 is 15.6 Å². The fraction of sp³-hybridized carbons (Fsp3) is 0.167. The third-order valence-corrected chi connectivity index (χ3v) is 3.74. The molecule has 0 spiro atoms. The average molecular weight is 323 g/mol. The fourth-order valence-corrected chi connectivity index (χ4v) is 2.63. The number of amides is 1. The van der Waals surface area contributed by atoms with E-state index in [9.17, 15) is 9.59 Å². The minimum Gasteiger partial charge on any atom is -0.497 e. The summed E-state index contributed by atoms with van der Waals surface area (Å²) in [6, 6.07) is 9.07. The van der Waals surface area contributed by atoms with E-state index in [4.69, 9.17) is 4.74 Å². The van der Waals surface area contributed by atoms with Gasteiger partial charge < -0.3 is 15.0 Å². The number of aromatic nitrogens is 2. The van der Waals surface area contributed by atoms with Gasteiger partial charge in [0, 0.05) is 17.1 Å². The summed E-state index contributed by atoms with van der Waals surface area (Å²) >= 11 is 0. The quantitative estimate of drug-likeness (QED) is 0.776. The van der Waals surface area contributed by atoms with Gasteiger partial charge in [-0.25, -0.2) is 0 Å². The Balaban J connectivity index is 1.92. The Bertz CT molecular complexity index is 992. The van der Waals surface area contributed by atoms with Crippen molar-refractivity contribution in [3.05, 3.63) is 63.7 Å². The molecule has 0 bridgehead atoms. The molecule has 6 heteroatoms. The second-order valence-corrected chi connectivity index (χ2v) is 5.58. The molecule has 0 saturated carbocycles. The normalized spacial score (nSPS) is 10.6. The lowest BCUT2D eigenvalue weighted by Crippen LogP contribution is -2.25. The van der Waals surface area contributed by atoms with Crippen LogP contribution in [0.25, 0.3) is 10.9 Å². The molecular formula is C18H17N3O3. The molecule has 0 atom stereocenters. The van der Waals surface area contributed by atoms with Gasteiger partial charge in [0.25, 0.3) is 11.5 Å². The van der Waals surface area contributed by atoms with Gasteiger partial charge >= 0.3 is 0 Å². The van der Waals surface area contributed by atoms with Crippen LogP contribution in [0.5, 0.6) is 5.75 Å². The highest BCUT2D eigenvalue weighted by atomic mass is 16.5. The van der Waals surface area contributed by atoms with Gasteiger partial charge in [-0.1, -0.05) is 0 Å². The van der Waals surface area contributed by atoms with E-state index in [-0.39, 0.29) is 5.56 Å². The molecule has 122 valence electrons. The van der Waals surface area contributed by atoms with Crippen LogP contribution in [0.4, 0.5) is 5.69 Å². The number of carbonyl (C=O) groups excluding carboxylic acids is 1. The van der Waals surface area contributed by atoms with Gasteiger partial charge in [0.05, 0.1) is 24.5 Å². The summed E-state index contributed by atoms with van der Waals surface area (Å²) in [5, 5.41) is 3.59. The van der Waals surface area contributed by atoms with Crippen molar-refractivity contribution in [1.82, 2.24) is 9.97 Å². The Labute approximate surface area is 138 Å². The van der Waals surface area contributed by atoms with Crippen LogP contribution >= 0.6 is 0 Å². The van der Waals surface area contributed by atoms with Crippen LogP contribution in [-0.4, -0.2) is 23.0 Å². The van der Waals surface area contributed by atoms with E-state index in [1.807, 2.05) is 18.2 Å². The Morgan fingerprint density at radius 3 is 2.71 bits per heavy atom. The molecule has 0 aliphatic carbocycles. The summed E-state index contributed by atoms with van der Waals surface area (Å²) in [5.41, 5.74) is 2.34. The molecule has 6 nitrogen and oxygen atoms in total. The number of rotatable bonds is 3. The third-order valence-electron chi connectivity index (χ3n) is 3.74. The van der Waals surface area contributed by atoms with E-state index < -0.39 is 11.5 Å².